The number of benzene rings is 8. The number of methoxy groups -OCH3 is 1. The number of nitriles is 1. The van der Waals surface area contributed by atoms with E-state index in [0.29, 0.717) is 29.2 Å². The fourth-order valence-electron chi connectivity index (χ4n) is 8.64. The van der Waals surface area contributed by atoms with Gasteiger partial charge in [-0.05, 0) is 146 Å². The van der Waals surface area contributed by atoms with Crippen LogP contribution in [-0.4, -0.2) is 7.11 Å². The fourth-order valence-corrected chi connectivity index (χ4v) is 9.00. The van der Waals surface area contributed by atoms with Crippen LogP contribution < -0.4 is 4.74 Å². The number of para-hydroxylation sites is 1. The Kier molecular flexibility index (Phi) is 34.8. The first-order valence-corrected chi connectivity index (χ1v) is 30.2. The van der Waals surface area contributed by atoms with Crippen molar-refractivity contribution in [3.63, 3.8) is 0 Å². The van der Waals surface area contributed by atoms with Crippen molar-refractivity contribution < 1.29 is 26.7 Å². The van der Waals surface area contributed by atoms with Crippen molar-refractivity contribution in [2.24, 2.45) is 0 Å². The van der Waals surface area contributed by atoms with Crippen molar-refractivity contribution in [1.82, 2.24) is 0 Å². The highest BCUT2D eigenvalue weighted by atomic mass is 35.5. The highest BCUT2D eigenvalue weighted by Crippen LogP contribution is 2.35. The molecule has 0 bridgehead atoms. The summed E-state index contributed by atoms with van der Waals surface area (Å²) in [5.41, 5.74) is 10.7. The number of rotatable bonds is 7. The Labute approximate surface area is 521 Å². The van der Waals surface area contributed by atoms with E-state index < -0.39 is 11.7 Å². The van der Waals surface area contributed by atoms with E-state index in [0.717, 1.165) is 39.1 Å². The van der Waals surface area contributed by atoms with Gasteiger partial charge in [-0.25, -0.2) is 8.78 Å². The summed E-state index contributed by atoms with van der Waals surface area (Å²) in [5, 5.41) is 9.70. The summed E-state index contributed by atoms with van der Waals surface area (Å²) in [7, 11) is 1.71. The van der Waals surface area contributed by atoms with Crippen molar-refractivity contribution in [1.29, 1.82) is 5.26 Å². The Bertz CT molecular complexity index is 3120. The van der Waals surface area contributed by atoms with E-state index in [1.165, 1.54) is 52.1 Å². The lowest BCUT2D eigenvalue weighted by molar-refractivity contribution is -0.138. The van der Waals surface area contributed by atoms with Crippen LogP contribution in [0.4, 0.5) is 22.0 Å². The summed E-state index contributed by atoms with van der Waals surface area (Å²) in [6.07, 6.45) is -4.24. The molecule has 0 unspecified atom stereocenters. The van der Waals surface area contributed by atoms with Gasteiger partial charge in [-0.15, -0.1) is 0 Å². The van der Waals surface area contributed by atoms with Crippen LogP contribution in [0.25, 0.3) is 0 Å². The van der Waals surface area contributed by atoms with Gasteiger partial charge in [0.15, 0.2) is 0 Å². The van der Waals surface area contributed by atoms with Gasteiger partial charge in [0.1, 0.15) is 17.4 Å². The van der Waals surface area contributed by atoms with Gasteiger partial charge in [0.2, 0.25) is 0 Å². The van der Waals surface area contributed by atoms with Crippen LogP contribution in [0.2, 0.25) is 5.02 Å². The largest absolute Gasteiger partial charge is 0.496 e. The Balaban J connectivity index is 0.000000492. The van der Waals surface area contributed by atoms with Gasteiger partial charge in [0, 0.05) is 5.02 Å². The Morgan fingerprint density at radius 1 is 0.407 bits per heavy atom. The van der Waals surface area contributed by atoms with Crippen LogP contribution in [0.1, 0.15) is 221 Å². The maximum Gasteiger partial charge on any atom is 0.416 e. The monoisotopic (exact) mass is 1200 g/mol. The molecule has 0 N–H and O–H groups in total. The molecule has 8 aromatic carbocycles. The zero-order valence-electron chi connectivity index (χ0n) is 55.1. The third kappa shape index (κ3) is 29.4. The second-order valence-electron chi connectivity index (χ2n) is 24.7. The molecule has 0 radical (unpaired) electrons. The Morgan fingerprint density at radius 3 is 1.14 bits per heavy atom. The molecule has 464 valence electrons. The predicted octanol–water partition coefficient (Wildman–Crippen LogP) is 25.0. The molecule has 2 nitrogen and oxygen atoms in total. The number of halogens is 6. The number of alkyl halides is 3. The quantitative estimate of drug-likeness (QED) is 0.149. The third-order valence-electron chi connectivity index (χ3n) is 13.5. The molecular formula is C78H99ClF5NO. The lowest BCUT2D eigenvalue weighted by Crippen LogP contribution is -2.12. The van der Waals surface area contributed by atoms with Gasteiger partial charge in [-0.3, -0.25) is 0 Å². The summed E-state index contributed by atoms with van der Waals surface area (Å²) >= 11 is 5.92. The highest BCUT2D eigenvalue weighted by molar-refractivity contribution is 6.31. The molecule has 0 aliphatic rings. The van der Waals surface area contributed by atoms with Crippen LogP contribution >= 0.6 is 11.6 Å². The standard InChI is InChI=1S/C11H13N.C11H16.C10H11F3.C10H14O.C9H11Cl.2C9H11F.C9H12/c1-11(2,3)10-7-5-4-6-9(10)8-12;1-9-7-5-6-8-10(9)11(2,3)4;1-7(2)8-5-3-4-6-9(8)10(11,12)13;1-8(2)9-6-4-5-7-10(9)11-3;1-7(2)8-5-3-4-6-9(8)10;1-7(2)8-4-3-5-9(10)6-8;1-7(2)8-5-3-4-6-9(8)10;1-8(2)9-6-4-3-5-7-9/h4-7H,1-3H3;5-8H,1-4H3;3-7H,1-2H3;4-8H,1-3H3;3*3-7H,1-2H3;3-8H,1-2H3. The average molecular weight is 1200 g/mol. The number of hydrogen-bond acceptors (Lipinski definition) is 2. The Hall–Kier alpha value is -7.01. The minimum Gasteiger partial charge on any atom is -0.496 e. The minimum absolute atomic E-state index is 0.0618. The molecule has 0 aromatic heterocycles. The maximum atomic E-state index is 12.8. The molecule has 0 saturated heterocycles. The Morgan fingerprint density at radius 2 is 0.802 bits per heavy atom. The maximum absolute atomic E-state index is 12.8. The second-order valence-corrected chi connectivity index (χ2v) is 25.1. The summed E-state index contributed by atoms with van der Waals surface area (Å²) in [4.78, 5) is 0. The van der Waals surface area contributed by atoms with Crippen LogP contribution in [0.5, 0.6) is 5.75 Å². The van der Waals surface area contributed by atoms with Crippen molar-refractivity contribution in [2.45, 2.75) is 184 Å². The predicted molar refractivity (Wildman–Crippen MR) is 359 cm³/mol. The molecule has 0 amide bonds. The fraction of sp³-hybridized carbons (Fsp3) is 0.372. The van der Waals surface area contributed by atoms with Crippen molar-refractivity contribution in [3.05, 3.63) is 278 Å². The molecule has 0 heterocycles. The summed E-state index contributed by atoms with van der Waals surface area (Å²) in [6.45, 7) is 39.8. The molecule has 8 rings (SSSR count). The van der Waals surface area contributed by atoms with Crippen LogP contribution in [0.15, 0.2) is 200 Å². The first-order valence-electron chi connectivity index (χ1n) is 29.8. The molecule has 0 saturated carbocycles. The average Bonchev–Trinajstić information content (AvgIpc) is 2.75. The van der Waals surface area contributed by atoms with Gasteiger partial charge in [-0.1, -0.05) is 294 Å². The normalized spacial score (nSPS) is 10.8. The first kappa shape index (κ1) is 77.0. The zero-order valence-corrected chi connectivity index (χ0v) is 55.9. The van der Waals surface area contributed by atoms with E-state index in [-0.39, 0.29) is 34.3 Å². The highest BCUT2D eigenvalue weighted by Gasteiger charge is 2.33. The van der Waals surface area contributed by atoms with Gasteiger partial charge in [-0.2, -0.15) is 18.4 Å². The van der Waals surface area contributed by atoms with Crippen molar-refractivity contribution in [3.8, 4) is 11.8 Å². The summed E-state index contributed by atoms with van der Waals surface area (Å²) < 4.78 is 67.8. The van der Waals surface area contributed by atoms with Gasteiger partial charge in [0.25, 0.3) is 0 Å². The summed E-state index contributed by atoms with van der Waals surface area (Å²) in [6, 6.07) is 64.4. The lowest BCUT2D eigenvalue weighted by atomic mass is 9.84. The first-order chi connectivity index (χ1) is 40.2. The topological polar surface area (TPSA) is 33.0 Å². The number of nitrogens with zero attached hydrogens (tertiary/aromatic N) is 1. The van der Waals surface area contributed by atoms with E-state index in [1.807, 2.05) is 98.8 Å². The lowest BCUT2D eigenvalue weighted by Gasteiger charge is -2.21. The van der Waals surface area contributed by atoms with Gasteiger partial charge >= 0.3 is 6.18 Å². The van der Waals surface area contributed by atoms with Crippen LogP contribution in [0.3, 0.4) is 0 Å². The van der Waals surface area contributed by atoms with Gasteiger partial charge < -0.3 is 4.74 Å². The molecule has 8 aromatic rings. The van der Waals surface area contributed by atoms with E-state index in [4.69, 9.17) is 21.6 Å². The van der Waals surface area contributed by atoms with Gasteiger partial charge in [0.05, 0.1) is 24.3 Å². The molecule has 8 heteroatoms. The van der Waals surface area contributed by atoms with E-state index >= 15 is 0 Å². The van der Waals surface area contributed by atoms with E-state index in [2.05, 4.69) is 171 Å². The molecule has 0 atom stereocenters. The molecule has 0 aliphatic heterocycles. The number of ether oxygens (including phenoxy) is 1. The molecule has 86 heavy (non-hydrogen) atoms. The molecule has 0 spiro atoms. The van der Waals surface area contributed by atoms with E-state index in [1.54, 1.807) is 45.2 Å². The minimum atomic E-state index is -4.24. The number of aryl methyl sites for hydroxylation is 1. The molecule has 0 fully saturated rings. The SMILES string of the molecule is CC(C)(C)c1ccccc1C#N.CC(C)c1cccc(F)c1.CC(C)c1ccccc1.CC(C)c1ccccc1C(F)(F)F.CC(C)c1ccccc1Cl.CC(C)c1ccccc1F.COc1ccccc1C(C)C.Cc1ccccc1C(C)(C)C. The number of hydrogen-bond donors (Lipinski definition) is 0. The molecular weight excluding hydrogens is 1100 g/mol. The smallest absolute Gasteiger partial charge is 0.416 e. The second kappa shape index (κ2) is 38.9. The van der Waals surface area contributed by atoms with Crippen LogP contribution in [0, 0.1) is 29.9 Å². The zero-order chi connectivity index (χ0) is 65.4. The van der Waals surface area contributed by atoms with Crippen LogP contribution in [-0.2, 0) is 17.0 Å². The molecule has 0 aliphatic carbocycles. The van der Waals surface area contributed by atoms with Crippen molar-refractivity contribution in [2.75, 3.05) is 7.11 Å². The van der Waals surface area contributed by atoms with E-state index in [9.17, 15) is 22.0 Å². The third-order valence-corrected chi connectivity index (χ3v) is 13.8. The van der Waals surface area contributed by atoms with Crippen molar-refractivity contribution >= 4 is 11.6 Å². The summed E-state index contributed by atoms with van der Waals surface area (Å²) in [5.74, 6) is 3.05.